The van der Waals surface area contributed by atoms with E-state index in [2.05, 4.69) is 69.2 Å². The maximum absolute atomic E-state index is 5.40. The van der Waals surface area contributed by atoms with E-state index >= 15 is 0 Å². The summed E-state index contributed by atoms with van der Waals surface area (Å²) in [5, 5.41) is 3.50. The third-order valence-electron chi connectivity index (χ3n) is 3.20. The number of rotatable bonds is 4. The number of hydrogen-bond donors (Lipinski definition) is 1. The van der Waals surface area contributed by atoms with Crippen LogP contribution in [0, 0.1) is 13.8 Å². The largest absolute Gasteiger partial charge is 0.496 e. The standard InChI is InChI=1S/C16H17Br2NO/c1-10-6-14(18)7-11(2)16(10)19-9-12-8-13(17)4-5-15(12)20-3/h4-8,19H,9H2,1-3H3. The summed E-state index contributed by atoms with van der Waals surface area (Å²) in [5.74, 6) is 0.896. The molecule has 4 heteroatoms. The molecule has 0 amide bonds. The molecule has 0 atom stereocenters. The Kier molecular flexibility index (Phi) is 5.11. The van der Waals surface area contributed by atoms with Crippen molar-refractivity contribution in [1.29, 1.82) is 0 Å². The van der Waals surface area contributed by atoms with Crippen molar-refractivity contribution in [3.8, 4) is 5.75 Å². The van der Waals surface area contributed by atoms with Crippen LogP contribution in [-0.2, 0) is 6.54 Å². The molecular formula is C16H17Br2NO. The first-order chi connectivity index (χ1) is 9.51. The van der Waals surface area contributed by atoms with Gasteiger partial charge in [-0.25, -0.2) is 0 Å². The average Bonchev–Trinajstić information content (AvgIpc) is 2.37. The minimum atomic E-state index is 0.728. The maximum Gasteiger partial charge on any atom is 0.123 e. The second kappa shape index (κ2) is 6.64. The van der Waals surface area contributed by atoms with Crippen molar-refractivity contribution >= 4 is 37.5 Å². The van der Waals surface area contributed by atoms with Gasteiger partial charge in [-0.15, -0.1) is 0 Å². The lowest BCUT2D eigenvalue weighted by Crippen LogP contribution is -2.04. The van der Waals surface area contributed by atoms with Crippen LogP contribution in [0.1, 0.15) is 16.7 Å². The van der Waals surface area contributed by atoms with Gasteiger partial charge in [-0.05, 0) is 55.3 Å². The molecule has 0 saturated carbocycles. The number of nitrogens with one attached hydrogen (secondary N) is 1. The van der Waals surface area contributed by atoms with Gasteiger partial charge in [-0.2, -0.15) is 0 Å². The Morgan fingerprint density at radius 2 is 1.65 bits per heavy atom. The molecule has 2 aromatic rings. The van der Waals surface area contributed by atoms with Crippen LogP contribution in [0.15, 0.2) is 39.3 Å². The van der Waals surface area contributed by atoms with Crippen molar-refractivity contribution < 1.29 is 4.74 Å². The molecule has 0 saturated heterocycles. The summed E-state index contributed by atoms with van der Waals surface area (Å²) in [6.07, 6.45) is 0. The fraction of sp³-hybridized carbons (Fsp3) is 0.250. The summed E-state index contributed by atoms with van der Waals surface area (Å²) in [5.41, 5.74) is 4.76. The first-order valence-electron chi connectivity index (χ1n) is 6.34. The van der Waals surface area contributed by atoms with Crippen LogP contribution in [0.3, 0.4) is 0 Å². The van der Waals surface area contributed by atoms with Crippen LogP contribution in [0.4, 0.5) is 5.69 Å². The summed E-state index contributed by atoms with van der Waals surface area (Å²) < 4.78 is 7.56. The highest BCUT2D eigenvalue weighted by Crippen LogP contribution is 2.28. The lowest BCUT2D eigenvalue weighted by molar-refractivity contribution is 0.410. The zero-order chi connectivity index (χ0) is 14.7. The predicted molar refractivity (Wildman–Crippen MR) is 91.6 cm³/mol. The highest BCUT2D eigenvalue weighted by Gasteiger charge is 2.07. The van der Waals surface area contributed by atoms with Crippen molar-refractivity contribution in [2.45, 2.75) is 20.4 Å². The Labute approximate surface area is 136 Å². The van der Waals surface area contributed by atoms with E-state index in [4.69, 9.17) is 4.74 Å². The number of methoxy groups -OCH3 is 1. The van der Waals surface area contributed by atoms with Gasteiger partial charge in [0, 0.05) is 26.7 Å². The minimum absolute atomic E-state index is 0.728. The van der Waals surface area contributed by atoms with E-state index in [0.29, 0.717) is 0 Å². The molecule has 0 aliphatic rings. The summed E-state index contributed by atoms with van der Waals surface area (Å²) in [6, 6.07) is 10.3. The number of anilines is 1. The van der Waals surface area contributed by atoms with E-state index < -0.39 is 0 Å². The highest BCUT2D eigenvalue weighted by atomic mass is 79.9. The van der Waals surface area contributed by atoms with Gasteiger partial charge < -0.3 is 10.1 Å². The van der Waals surface area contributed by atoms with Crippen molar-refractivity contribution in [2.24, 2.45) is 0 Å². The molecule has 0 unspecified atom stereocenters. The topological polar surface area (TPSA) is 21.3 Å². The summed E-state index contributed by atoms with van der Waals surface area (Å²) in [6.45, 7) is 4.95. The number of benzene rings is 2. The molecule has 0 heterocycles. The molecule has 2 aromatic carbocycles. The molecule has 1 N–H and O–H groups in total. The van der Waals surface area contributed by atoms with E-state index in [9.17, 15) is 0 Å². The highest BCUT2D eigenvalue weighted by molar-refractivity contribution is 9.10. The van der Waals surface area contributed by atoms with Crippen LogP contribution in [0.25, 0.3) is 0 Å². The fourth-order valence-electron chi connectivity index (χ4n) is 2.26. The lowest BCUT2D eigenvalue weighted by Gasteiger charge is -2.15. The summed E-state index contributed by atoms with van der Waals surface area (Å²) >= 11 is 7.02. The van der Waals surface area contributed by atoms with Crippen molar-refractivity contribution in [1.82, 2.24) is 0 Å². The normalized spacial score (nSPS) is 10.4. The van der Waals surface area contributed by atoms with E-state index in [1.165, 1.54) is 16.8 Å². The first kappa shape index (κ1) is 15.4. The Bertz CT molecular complexity index is 603. The van der Waals surface area contributed by atoms with Gasteiger partial charge in [-0.3, -0.25) is 0 Å². The molecule has 0 aliphatic carbocycles. The van der Waals surface area contributed by atoms with E-state index in [1.54, 1.807) is 7.11 Å². The molecule has 0 radical (unpaired) electrons. The van der Waals surface area contributed by atoms with Crippen molar-refractivity contribution in [3.63, 3.8) is 0 Å². The van der Waals surface area contributed by atoms with E-state index in [1.807, 2.05) is 12.1 Å². The molecule has 0 spiro atoms. The second-order valence-corrected chi connectivity index (χ2v) is 6.56. The van der Waals surface area contributed by atoms with E-state index in [0.717, 1.165) is 26.8 Å². The monoisotopic (exact) mass is 397 g/mol. The van der Waals surface area contributed by atoms with Crippen molar-refractivity contribution in [2.75, 3.05) is 12.4 Å². The molecule has 106 valence electrons. The second-order valence-electron chi connectivity index (χ2n) is 4.72. The van der Waals surface area contributed by atoms with E-state index in [-0.39, 0.29) is 0 Å². The van der Waals surface area contributed by atoms with Crippen LogP contribution in [0.2, 0.25) is 0 Å². The number of ether oxygens (including phenoxy) is 1. The van der Waals surface area contributed by atoms with Gasteiger partial charge in [0.05, 0.1) is 7.11 Å². The molecular weight excluding hydrogens is 382 g/mol. The van der Waals surface area contributed by atoms with Gasteiger partial charge >= 0.3 is 0 Å². The maximum atomic E-state index is 5.40. The van der Waals surface area contributed by atoms with Gasteiger partial charge in [0.2, 0.25) is 0 Å². The Morgan fingerprint density at radius 1 is 1.00 bits per heavy atom. The molecule has 2 nitrogen and oxygen atoms in total. The van der Waals surface area contributed by atoms with Gasteiger partial charge in [0.1, 0.15) is 5.75 Å². The molecule has 0 aliphatic heterocycles. The minimum Gasteiger partial charge on any atom is -0.496 e. The summed E-state index contributed by atoms with van der Waals surface area (Å²) in [7, 11) is 1.70. The van der Waals surface area contributed by atoms with Crippen LogP contribution < -0.4 is 10.1 Å². The van der Waals surface area contributed by atoms with Crippen LogP contribution in [-0.4, -0.2) is 7.11 Å². The molecule has 0 aromatic heterocycles. The summed E-state index contributed by atoms with van der Waals surface area (Å²) in [4.78, 5) is 0. The number of hydrogen-bond acceptors (Lipinski definition) is 2. The number of halogens is 2. The number of aryl methyl sites for hydroxylation is 2. The Balaban J connectivity index is 2.23. The molecule has 0 bridgehead atoms. The quantitative estimate of drug-likeness (QED) is 0.739. The van der Waals surface area contributed by atoms with Gasteiger partial charge in [0.15, 0.2) is 0 Å². The first-order valence-corrected chi connectivity index (χ1v) is 7.93. The SMILES string of the molecule is COc1ccc(Br)cc1CNc1c(C)cc(Br)cc1C. The molecule has 20 heavy (non-hydrogen) atoms. The third kappa shape index (κ3) is 3.55. The van der Waals surface area contributed by atoms with Crippen LogP contribution >= 0.6 is 31.9 Å². The Morgan fingerprint density at radius 3 is 2.25 bits per heavy atom. The fourth-order valence-corrected chi connectivity index (χ4v) is 3.35. The zero-order valence-corrected chi connectivity index (χ0v) is 14.9. The lowest BCUT2D eigenvalue weighted by atomic mass is 10.1. The van der Waals surface area contributed by atoms with Crippen molar-refractivity contribution in [3.05, 3.63) is 56.0 Å². The van der Waals surface area contributed by atoms with Crippen LogP contribution in [0.5, 0.6) is 5.75 Å². The zero-order valence-electron chi connectivity index (χ0n) is 11.8. The third-order valence-corrected chi connectivity index (χ3v) is 4.15. The smallest absolute Gasteiger partial charge is 0.123 e. The predicted octanol–water partition coefficient (Wildman–Crippen LogP) is 5.45. The Hall–Kier alpha value is -1.00. The molecule has 2 rings (SSSR count). The molecule has 0 fully saturated rings. The van der Waals surface area contributed by atoms with Gasteiger partial charge in [0.25, 0.3) is 0 Å². The average molecular weight is 399 g/mol. The van der Waals surface area contributed by atoms with Gasteiger partial charge in [-0.1, -0.05) is 31.9 Å².